The number of nitrogens with two attached hydrogens (primary N) is 1. The Hall–Kier alpha value is -0.550. The molecule has 0 saturated heterocycles. The summed E-state index contributed by atoms with van der Waals surface area (Å²) in [5.41, 5.74) is 6.42. The van der Waals surface area contributed by atoms with Crippen molar-refractivity contribution in [3.8, 4) is 0 Å². The van der Waals surface area contributed by atoms with E-state index in [1.165, 1.54) is 25.7 Å². The van der Waals surface area contributed by atoms with Crippen LogP contribution >= 0.6 is 11.8 Å². The quantitative estimate of drug-likeness (QED) is 0.907. The predicted molar refractivity (Wildman–Crippen MR) is 84.6 cm³/mol. The zero-order chi connectivity index (χ0) is 14.8. The van der Waals surface area contributed by atoms with E-state index in [1.807, 2.05) is 23.4 Å². The van der Waals surface area contributed by atoms with Gasteiger partial charge in [0.2, 0.25) is 0 Å². The maximum atomic E-state index is 5.99. The molecule has 1 fully saturated rings. The van der Waals surface area contributed by atoms with Crippen LogP contribution in [0.1, 0.15) is 46.5 Å². The maximum absolute atomic E-state index is 5.99. The zero-order valence-corrected chi connectivity index (χ0v) is 14.0. The number of nitrogens with zero attached hydrogens (tertiary/aromatic N) is 3. The molecule has 114 valence electrons. The lowest BCUT2D eigenvalue weighted by atomic mass is 9.67. The minimum absolute atomic E-state index is 0.429. The molecule has 0 radical (unpaired) electrons. The van der Waals surface area contributed by atoms with Gasteiger partial charge in [-0.15, -0.1) is 10.2 Å². The Balaban J connectivity index is 2.09. The van der Waals surface area contributed by atoms with Crippen LogP contribution in [0.4, 0.5) is 0 Å². The highest BCUT2D eigenvalue weighted by Gasteiger charge is 2.37. The molecule has 1 aromatic rings. The fraction of sp³-hybridized carbons (Fsp3) is 0.867. The summed E-state index contributed by atoms with van der Waals surface area (Å²) < 4.78 is 2.01. The van der Waals surface area contributed by atoms with Crippen LogP contribution in [0.2, 0.25) is 0 Å². The Labute approximate surface area is 126 Å². The molecule has 0 bridgehead atoms. The first kappa shape index (κ1) is 15.8. The predicted octanol–water partition coefficient (Wildman–Crippen LogP) is 3.09. The highest BCUT2D eigenvalue weighted by Crippen LogP contribution is 2.46. The first-order valence-corrected chi connectivity index (χ1v) is 8.56. The molecule has 4 nitrogen and oxygen atoms in total. The molecule has 0 amide bonds. The number of thioether (sulfide) groups is 1. The fourth-order valence-corrected chi connectivity index (χ4v) is 4.47. The Morgan fingerprint density at radius 1 is 1.45 bits per heavy atom. The van der Waals surface area contributed by atoms with Gasteiger partial charge < -0.3 is 10.3 Å². The molecule has 5 heteroatoms. The maximum Gasteiger partial charge on any atom is 0.191 e. The second-order valence-electron chi connectivity index (χ2n) is 6.73. The molecule has 20 heavy (non-hydrogen) atoms. The highest BCUT2D eigenvalue weighted by atomic mass is 32.2. The summed E-state index contributed by atoms with van der Waals surface area (Å²) in [5, 5.41) is 9.80. The SMILES string of the molecule is CCC(C)(C)C1CCC(CN)C(Sc2nncn2C)C1. The molecular weight excluding hydrogens is 268 g/mol. The van der Waals surface area contributed by atoms with Crippen molar-refractivity contribution in [2.75, 3.05) is 6.54 Å². The van der Waals surface area contributed by atoms with E-state index >= 15 is 0 Å². The topological polar surface area (TPSA) is 56.7 Å². The highest BCUT2D eigenvalue weighted by molar-refractivity contribution is 7.99. The molecule has 1 saturated carbocycles. The molecule has 2 N–H and O–H groups in total. The summed E-state index contributed by atoms with van der Waals surface area (Å²) in [6, 6.07) is 0. The lowest BCUT2D eigenvalue weighted by Gasteiger charge is -2.42. The van der Waals surface area contributed by atoms with E-state index in [0.29, 0.717) is 16.6 Å². The average Bonchev–Trinajstić information content (AvgIpc) is 2.84. The minimum Gasteiger partial charge on any atom is -0.330 e. The normalized spacial score (nSPS) is 27.8. The van der Waals surface area contributed by atoms with Gasteiger partial charge in [0.15, 0.2) is 5.16 Å². The summed E-state index contributed by atoms with van der Waals surface area (Å²) in [6.45, 7) is 7.91. The molecule has 1 heterocycles. The number of aryl methyl sites for hydroxylation is 1. The molecule has 1 aliphatic carbocycles. The molecule has 0 aliphatic heterocycles. The molecule has 0 aromatic carbocycles. The van der Waals surface area contributed by atoms with Crippen molar-refractivity contribution in [2.24, 2.45) is 30.0 Å². The van der Waals surface area contributed by atoms with Gasteiger partial charge in [0.05, 0.1) is 0 Å². The summed E-state index contributed by atoms with van der Waals surface area (Å²) in [5.74, 6) is 1.40. The number of hydrogen-bond donors (Lipinski definition) is 1. The standard InChI is InChI=1S/C15H28N4S/c1-5-15(2,3)12-7-6-11(9-16)13(8-12)20-14-18-17-10-19(14)4/h10-13H,5-9,16H2,1-4H3. The number of rotatable bonds is 5. The molecule has 3 atom stereocenters. The zero-order valence-electron chi connectivity index (χ0n) is 13.2. The van der Waals surface area contributed by atoms with Crippen LogP contribution in [0.25, 0.3) is 0 Å². The largest absolute Gasteiger partial charge is 0.330 e. The van der Waals surface area contributed by atoms with Gasteiger partial charge in [0.1, 0.15) is 6.33 Å². The third kappa shape index (κ3) is 3.37. The van der Waals surface area contributed by atoms with Crippen molar-refractivity contribution in [1.82, 2.24) is 14.8 Å². The van der Waals surface area contributed by atoms with Gasteiger partial charge in [-0.3, -0.25) is 0 Å². The monoisotopic (exact) mass is 296 g/mol. The van der Waals surface area contributed by atoms with Crippen LogP contribution in [0.3, 0.4) is 0 Å². The second-order valence-corrected chi connectivity index (χ2v) is 7.93. The smallest absolute Gasteiger partial charge is 0.191 e. The lowest BCUT2D eigenvalue weighted by Crippen LogP contribution is -2.37. The van der Waals surface area contributed by atoms with Gasteiger partial charge in [-0.2, -0.15) is 0 Å². The Kier molecular flexibility index (Phi) is 5.13. The van der Waals surface area contributed by atoms with Crippen LogP contribution in [0.5, 0.6) is 0 Å². The van der Waals surface area contributed by atoms with Gasteiger partial charge in [0.25, 0.3) is 0 Å². The molecular formula is C15H28N4S. The summed E-state index contributed by atoms with van der Waals surface area (Å²) in [6.07, 6.45) is 6.83. The summed E-state index contributed by atoms with van der Waals surface area (Å²) >= 11 is 1.87. The number of aromatic nitrogens is 3. The van der Waals surface area contributed by atoms with Crippen molar-refractivity contribution in [3.63, 3.8) is 0 Å². The lowest BCUT2D eigenvalue weighted by molar-refractivity contribution is 0.134. The van der Waals surface area contributed by atoms with Crippen LogP contribution < -0.4 is 5.73 Å². The van der Waals surface area contributed by atoms with Crippen molar-refractivity contribution in [1.29, 1.82) is 0 Å². The number of hydrogen-bond acceptors (Lipinski definition) is 4. The third-order valence-corrected chi connectivity index (χ3v) is 6.63. The molecule has 2 rings (SSSR count). The van der Waals surface area contributed by atoms with Gasteiger partial charge >= 0.3 is 0 Å². The van der Waals surface area contributed by atoms with E-state index in [1.54, 1.807) is 6.33 Å². The van der Waals surface area contributed by atoms with E-state index in [4.69, 9.17) is 5.73 Å². The summed E-state index contributed by atoms with van der Waals surface area (Å²) in [7, 11) is 2.01. The first-order chi connectivity index (χ1) is 9.47. The molecule has 3 unspecified atom stereocenters. The van der Waals surface area contributed by atoms with E-state index in [0.717, 1.165) is 17.6 Å². The van der Waals surface area contributed by atoms with Gasteiger partial charge in [-0.25, -0.2) is 0 Å². The molecule has 1 aromatic heterocycles. The third-order valence-electron chi connectivity index (χ3n) is 5.17. The van der Waals surface area contributed by atoms with E-state index in [-0.39, 0.29) is 0 Å². The minimum atomic E-state index is 0.429. The van der Waals surface area contributed by atoms with Gasteiger partial charge in [0, 0.05) is 12.3 Å². The second kappa shape index (κ2) is 6.48. The Morgan fingerprint density at radius 2 is 2.20 bits per heavy atom. The van der Waals surface area contributed by atoms with E-state index in [2.05, 4.69) is 31.0 Å². The van der Waals surface area contributed by atoms with Crippen LogP contribution in [0, 0.1) is 17.3 Å². The first-order valence-electron chi connectivity index (χ1n) is 7.68. The van der Waals surface area contributed by atoms with Gasteiger partial charge in [-0.05, 0) is 43.1 Å². The van der Waals surface area contributed by atoms with E-state index in [9.17, 15) is 0 Å². The van der Waals surface area contributed by atoms with Crippen LogP contribution in [-0.2, 0) is 7.05 Å². The Morgan fingerprint density at radius 3 is 2.75 bits per heavy atom. The van der Waals surface area contributed by atoms with Crippen LogP contribution in [0.15, 0.2) is 11.5 Å². The van der Waals surface area contributed by atoms with Crippen molar-refractivity contribution < 1.29 is 0 Å². The fourth-order valence-electron chi connectivity index (χ4n) is 3.12. The van der Waals surface area contributed by atoms with E-state index < -0.39 is 0 Å². The summed E-state index contributed by atoms with van der Waals surface area (Å²) in [4.78, 5) is 0. The van der Waals surface area contributed by atoms with Crippen molar-refractivity contribution >= 4 is 11.8 Å². The molecule has 0 spiro atoms. The van der Waals surface area contributed by atoms with Crippen LogP contribution in [-0.4, -0.2) is 26.6 Å². The van der Waals surface area contributed by atoms with Gasteiger partial charge in [-0.1, -0.05) is 39.0 Å². The van der Waals surface area contributed by atoms with Crippen molar-refractivity contribution in [3.05, 3.63) is 6.33 Å². The Bertz CT molecular complexity index is 429. The van der Waals surface area contributed by atoms with Crippen molar-refractivity contribution in [2.45, 2.75) is 56.9 Å². The molecule has 1 aliphatic rings. The average molecular weight is 296 g/mol.